The van der Waals surface area contributed by atoms with Crippen LogP contribution in [0, 0.1) is 13.8 Å². The zero-order valence-corrected chi connectivity index (χ0v) is 11.9. The summed E-state index contributed by atoms with van der Waals surface area (Å²) in [6.45, 7) is 5.08. The van der Waals surface area contributed by atoms with E-state index < -0.39 is 0 Å². The van der Waals surface area contributed by atoms with Crippen molar-refractivity contribution >= 4 is 23.2 Å². The Morgan fingerprint density at radius 3 is 2.61 bits per heavy atom. The fraction of sp³-hybridized carbons (Fsp3) is 0.308. The molecule has 0 aliphatic rings. The van der Waals surface area contributed by atoms with Crippen molar-refractivity contribution in [2.45, 2.75) is 26.9 Å². The summed E-state index contributed by atoms with van der Waals surface area (Å²) < 4.78 is 1.91. The molecule has 0 fully saturated rings. The first-order chi connectivity index (χ1) is 8.54. The van der Waals surface area contributed by atoms with Gasteiger partial charge in [-0.3, -0.25) is 4.68 Å². The first-order valence-electron chi connectivity index (χ1n) is 5.70. The Kier molecular flexibility index (Phi) is 3.95. The third-order valence-electron chi connectivity index (χ3n) is 3.09. The van der Waals surface area contributed by atoms with Crippen molar-refractivity contribution in [3.05, 3.63) is 50.8 Å². The van der Waals surface area contributed by atoms with Crippen molar-refractivity contribution in [1.29, 1.82) is 0 Å². The molecule has 2 N–H and O–H groups in total. The van der Waals surface area contributed by atoms with E-state index in [4.69, 9.17) is 28.9 Å². The van der Waals surface area contributed by atoms with Crippen LogP contribution in [0.1, 0.15) is 22.5 Å². The van der Waals surface area contributed by atoms with Gasteiger partial charge in [-0.2, -0.15) is 5.10 Å². The minimum Gasteiger partial charge on any atom is -0.326 e. The van der Waals surface area contributed by atoms with Gasteiger partial charge in [-0.05, 0) is 25.5 Å². The van der Waals surface area contributed by atoms with Crippen LogP contribution >= 0.6 is 23.2 Å². The molecule has 0 bridgehead atoms. The van der Waals surface area contributed by atoms with Crippen LogP contribution < -0.4 is 5.73 Å². The third kappa shape index (κ3) is 2.39. The molecular weight excluding hydrogens is 269 g/mol. The number of nitrogens with two attached hydrogens (primary N) is 1. The second-order valence-corrected chi connectivity index (χ2v) is 5.01. The number of halogens is 2. The van der Waals surface area contributed by atoms with Crippen LogP contribution in [0.4, 0.5) is 0 Å². The molecule has 5 heteroatoms. The summed E-state index contributed by atoms with van der Waals surface area (Å²) in [7, 11) is 0. The molecule has 0 radical (unpaired) electrons. The normalized spacial score (nSPS) is 10.9. The van der Waals surface area contributed by atoms with Crippen LogP contribution in [0.25, 0.3) is 0 Å². The molecule has 0 atom stereocenters. The fourth-order valence-electron chi connectivity index (χ4n) is 2.02. The van der Waals surface area contributed by atoms with Crippen molar-refractivity contribution in [2.75, 3.05) is 0 Å². The number of hydrogen-bond acceptors (Lipinski definition) is 2. The number of hydrogen-bond donors (Lipinski definition) is 1. The van der Waals surface area contributed by atoms with Crippen LogP contribution in [-0.4, -0.2) is 9.78 Å². The van der Waals surface area contributed by atoms with E-state index in [-0.39, 0.29) is 0 Å². The third-order valence-corrected chi connectivity index (χ3v) is 3.95. The van der Waals surface area contributed by atoms with E-state index in [2.05, 4.69) is 5.10 Å². The van der Waals surface area contributed by atoms with Gasteiger partial charge in [-0.25, -0.2) is 0 Å². The van der Waals surface area contributed by atoms with Gasteiger partial charge in [0.15, 0.2) is 0 Å². The molecule has 2 aromatic rings. The Balaban J connectivity index is 2.37. The Bertz CT molecular complexity index is 576. The van der Waals surface area contributed by atoms with E-state index in [1.807, 2.05) is 30.7 Å². The van der Waals surface area contributed by atoms with Crippen molar-refractivity contribution in [3.8, 4) is 0 Å². The smallest absolute Gasteiger partial charge is 0.0677 e. The van der Waals surface area contributed by atoms with Crippen LogP contribution in [0.5, 0.6) is 0 Å². The molecule has 2 rings (SSSR count). The zero-order valence-electron chi connectivity index (χ0n) is 10.4. The van der Waals surface area contributed by atoms with Crippen LogP contribution in [0.2, 0.25) is 10.0 Å². The van der Waals surface area contributed by atoms with E-state index in [1.165, 1.54) is 0 Å². The highest BCUT2D eigenvalue weighted by atomic mass is 35.5. The second-order valence-electron chi connectivity index (χ2n) is 4.22. The van der Waals surface area contributed by atoms with Crippen LogP contribution in [-0.2, 0) is 13.1 Å². The Labute approximate surface area is 117 Å². The minimum absolute atomic E-state index is 0.501. The molecular formula is C13H15Cl2N3. The number of aryl methyl sites for hydroxylation is 1. The van der Waals surface area contributed by atoms with Gasteiger partial charge in [-0.15, -0.1) is 0 Å². The summed E-state index contributed by atoms with van der Waals surface area (Å²) in [6, 6.07) is 5.62. The van der Waals surface area contributed by atoms with Gasteiger partial charge in [-0.1, -0.05) is 35.3 Å². The molecule has 0 amide bonds. The predicted octanol–water partition coefficient (Wildman–Crippen LogP) is 3.31. The maximum Gasteiger partial charge on any atom is 0.0677 e. The Morgan fingerprint density at radius 1 is 1.28 bits per heavy atom. The maximum atomic E-state index is 6.18. The summed E-state index contributed by atoms with van der Waals surface area (Å²) in [5.74, 6) is 0. The lowest BCUT2D eigenvalue weighted by Crippen LogP contribution is -2.06. The van der Waals surface area contributed by atoms with Gasteiger partial charge in [0.25, 0.3) is 0 Å². The van der Waals surface area contributed by atoms with E-state index in [1.54, 1.807) is 6.07 Å². The molecule has 0 aliphatic heterocycles. The molecule has 96 valence electrons. The quantitative estimate of drug-likeness (QED) is 0.939. The first kappa shape index (κ1) is 13.4. The number of benzene rings is 1. The number of aromatic nitrogens is 2. The van der Waals surface area contributed by atoms with Crippen molar-refractivity contribution in [3.63, 3.8) is 0 Å². The molecule has 0 saturated heterocycles. The summed E-state index contributed by atoms with van der Waals surface area (Å²) in [6.07, 6.45) is 0. The van der Waals surface area contributed by atoms with Gasteiger partial charge in [0, 0.05) is 17.8 Å². The van der Waals surface area contributed by atoms with Crippen molar-refractivity contribution in [2.24, 2.45) is 5.73 Å². The Morgan fingerprint density at radius 2 is 2.00 bits per heavy atom. The highest BCUT2D eigenvalue weighted by Crippen LogP contribution is 2.26. The van der Waals surface area contributed by atoms with E-state index >= 15 is 0 Å². The topological polar surface area (TPSA) is 43.8 Å². The van der Waals surface area contributed by atoms with Gasteiger partial charge in [0.2, 0.25) is 0 Å². The lowest BCUT2D eigenvalue weighted by atomic mass is 10.2. The average molecular weight is 284 g/mol. The summed E-state index contributed by atoms with van der Waals surface area (Å²) in [4.78, 5) is 0. The van der Waals surface area contributed by atoms with Crippen molar-refractivity contribution < 1.29 is 0 Å². The summed E-state index contributed by atoms with van der Waals surface area (Å²) >= 11 is 12.2. The molecule has 18 heavy (non-hydrogen) atoms. The molecule has 0 spiro atoms. The highest BCUT2D eigenvalue weighted by Gasteiger charge is 2.12. The summed E-state index contributed by atoms with van der Waals surface area (Å²) in [5.41, 5.74) is 9.80. The van der Waals surface area contributed by atoms with Gasteiger partial charge >= 0.3 is 0 Å². The lowest BCUT2D eigenvalue weighted by molar-refractivity contribution is 0.658. The number of nitrogens with zero attached hydrogens (tertiary/aromatic N) is 2. The average Bonchev–Trinajstić information content (AvgIpc) is 2.60. The lowest BCUT2D eigenvalue weighted by Gasteiger charge is -2.08. The molecule has 1 aromatic heterocycles. The van der Waals surface area contributed by atoms with E-state index in [0.717, 1.165) is 22.5 Å². The zero-order chi connectivity index (χ0) is 13.3. The highest BCUT2D eigenvalue weighted by molar-refractivity contribution is 6.42. The van der Waals surface area contributed by atoms with E-state index in [0.29, 0.717) is 23.1 Å². The van der Waals surface area contributed by atoms with Crippen LogP contribution in [0.15, 0.2) is 18.2 Å². The summed E-state index contributed by atoms with van der Waals surface area (Å²) in [5, 5.41) is 5.63. The predicted molar refractivity (Wildman–Crippen MR) is 75.2 cm³/mol. The molecule has 1 aromatic carbocycles. The largest absolute Gasteiger partial charge is 0.326 e. The van der Waals surface area contributed by atoms with Gasteiger partial charge in [0.1, 0.15) is 0 Å². The van der Waals surface area contributed by atoms with Crippen molar-refractivity contribution in [1.82, 2.24) is 9.78 Å². The van der Waals surface area contributed by atoms with Gasteiger partial charge < -0.3 is 5.73 Å². The molecule has 3 nitrogen and oxygen atoms in total. The number of rotatable bonds is 3. The van der Waals surface area contributed by atoms with Crippen LogP contribution in [0.3, 0.4) is 0 Å². The maximum absolute atomic E-state index is 6.18. The molecule has 0 unspecified atom stereocenters. The SMILES string of the molecule is Cc1nn(Cc2cccc(Cl)c2Cl)c(C)c1CN. The fourth-order valence-corrected chi connectivity index (χ4v) is 2.40. The standard InChI is InChI=1S/C13H15Cl2N3/c1-8-11(6-16)9(2)18(17-8)7-10-4-3-5-12(14)13(10)15/h3-5H,6-7,16H2,1-2H3. The van der Waals surface area contributed by atoms with Gasteiger partial charge in [0.05, 0.1) is 22.3 Å². The molecule has 0 aliphatic carbocycles. The Hall–Kier alpha value is -1.03. The second kappa shape index (κ2) is 5.31. The minimum atomic E-state index is 0.501. The monoisotopic (exact) mass is 283 g/mol. The molecule has 0 saturated carbocycles. The molecule has 1 heterocycles. The first-order valence-corrected chi connectivity index (χ1v) is 6.46. The van der Waals surface area contributed by atoms with E-state index in [9.17, 15) is 0 Å².